The van der Waals surface area contributed by atoms with Crippen LogP contribution in [0.25, 0.3) is 22.7 Å². The van der Waals surface area contributed by atoms with Gasteiger partial charge in [-0.2, -0.15) is 8.78 Å². The largest absolute Gasteiger partial charge is 0.415 e. The number of fused-ring (bicyclic) bond motifs is 1. The number of hydrogen-bond acceptors (Lipinski definition) is 7. The molecule has 0 spiro atoms. The summed E-state index contributed by atoms with van der Waals surface area (Å²) in [6, 6.07) is 13.0. The summed E-state index contributed by atoms with van der Waals surface area (Å²) in [7, 11) is 2.09. The highest BCUT2D eigenvalue weighted by Crippen LogP contribution is 2.38. The van der Waals surface area contributed by atoms with Crippen molar-refractivity contribution in [3.8, 4) is 22.7 Å². The van der Waals surface area contributed by atoms with Gasteiger partial charge in [-0.1, -0.05) is 17.3 Å². The standard InChI is InChI=1S/C23H20F3N7O/c1-31-11-20-19(31)12-33(20)18-8-15(6-7-16(18)24)17-10-32(30-27-17)9-13-2-4-14(5-3-13)22-28-29-23(34-22)21(25)26/h2-8,10,19-21H,9,11-12H2,1H3/t19?,20-/m1/s1. The molecule has 2 aromatic carbocycles. The van der Waals surface area contributed by atoms with Gasteiger partial charge < -0.3 is 9.32 Å². The molecule has 2 atom stereocenters. The minimum Gasteiger partial charge on any atom is -0.415 e. The molecule has 0 aliphatic carbocycles. The van der Waals surface area contributed by atoms with Crippen molar-refractivity contribution in [1.82, 2.24) is 30.1 Å². The summed E-state index contributed by atoms with van der Waals surface area (Å²) in [5.74, 6) is -0.891. The summed E-state index contributed by atoms with van der Waals surface area (Å²) in [6.07, 6.45) is -0.990. The molecule has 2 saturated heterocycles. The van der Waals surface area contributed by atoms with Crippen LogP contribution in [0.5, 0.6) is 0 Å². The molecule has 0 saturated carbocycles. The second-order valence-corrected chi connectivity index (χ2v) is 8.64. The van der Waals surface area contributed by atoms with Crippen LogP contribution in [0.4, 0.5) is 18.9 Å². The Bertz CT molecular complexity index is 1340. The van der Waals surface area contributed by atoms with E-state index in [4.69, 9.17) is 4.42 Å². The maximum Gasteiger partial charge on any atom is 0.314 e. The third-order valence-electron chi connectivity index (χ3n) is 6.53. The molecule has 8 nitrogen and oxygen atoms in total. The molecule has 6 rings (SSSR count). The van der Waals surface area contributed by atoms with Gasteiger partial charge in [-0.3, -0.25) is 4.90 Å². The fourth-order valence-corrected chi connectivity index (χ4v) is 4.53. The van der Waals surface area contributed by atoms with Crippen LogP contribution in [0, 0.1) is 5.82 Å². The lowest BCUT2D eigenvalue weighted by atomic mass is 9.85. The van der Waals surface area contributed by atoms with Crippen molar-refractivity contribution in [1.29, 1.82) is 0 Å². The Balaban J connectivity index is 1.16. The first-order valence-electron chi connectivity index (χ1n) is 10.8. The summed E-state index contributed by atoms with van der Waals surface area (Å²) >= 11 is 0. The summed E-state index contributed by atoms with van der Waals surface area (Å²) in [6.45, 7) is 2.23. The van der Waals surface area contributed by atoms with Crippen molar-refractivity contribution in [2.75, 3.05) is 25.0 Å². The van der Waals surface area contributed by atoms with Crippen LogP contribution in [0.1, 0.15) is 17.9 Å². The molecule has 4 heterocycles. The molecule has 2 fully saturated rings. The molecule has 1 unspecified atom stereocenters. The first-order valence-corrected chi connectivity index (χ1v) is 10.8. The van der Waals surface area contributed by atoms with Gasteiger partial charge in [0.1, 0.15) is 11.5 Å². The van der Waals surface area contributed by atoms with E-state index in [1.807, 2.05) is 24.4 Å². The fourth-order valence-electron chi connectivity index (χ4n) is 4.53. The number of benzene rings is 2. The van der Waals surface area contributed by atoms with Crippen LogP contribution in [-0.4, -0.2) is 62.3 Å². The first kappa shape index (κ1) is 20.8. The van der Waals surface area contributed by atoms with Crippen LogP contribution in [0.3, 0.4) is 0 Å². The van der Waals surface area contributed by atoms with Gasteiger partial charge in [-0.25, -0.2) is 9.07 Å². The lowest BCUT2D eigenvalue weighted by Crippen LogP contribution is -2.78. The molecular formula is C23H20F3N7O. The molecule has 0 bridgehead atoms. The number of aromatic nitrogens is 5. The SMILES string of the molecule is CN1C[C@@H]2C1CN2c1cc(-c2cn(Cc3ccc(-c4nnc(C(F)F)o4)cc3)nn2)ccc1F. The van der Waals surface area contributed by atoms with Crippen molar-refractivity contribution >= 4 is 5.69 Å². The Labute approximate surface area is 192 Å². The lowest BCUT2D eigenvalue weighted by Gasteiger charge is -2.62. The third kappa shape index (κ3) is 3.52. The molecule has 174 valence electrons. The average molecular weight is 467 g/mol. The summed E-state index contributed by atoms with van der Waals surface area (Å²) < 4.78 is 46.5. The zero-order valence-electron chi connectivity index (χ0n) is 18.1. The molecule has 2 aliphatic rings. The molecule has 0 N–H and O–H groups in total. The fraction of sp³-hybridized carbons (Fsp3) is 0.304. The summed E-state index contributed by atoms with van der Waals surface area (Å²) in [5, 5.41) is 15.5. The number of halogens is 3. The second-order valence-electron chi connectivity index (χ2n) is 8.64. The van der Waals surface area contributed by atoms with E-state index in [0.29, 0.717) is 35.6 Å². The van der Waals surface area contributed by atoms with Gasteiger partial charge >= 0.3 is 6.43 Å². The molecule has 4 aromatic rings. The van der Waals surface area contributed by atoms with Crippen LogP contribution in [-0.2, 0) is 6.54 Å². The molecule has 34 heavy (non-hydrogen) atoms. The monoisotopic (exact) mass is 467 g/mol. The molecule has 2 aliphatic heterocycles. The molecule has 0 amide bonds. The maximum atomic E-state index is 14.5. The molecule has 11 heteroatoms. The maximum absolute atomic E-state index is 14.5. The Kier molecular flexibility index (Phi) is 4.87. The number of nitrogens with zero attached hydrogens (tertiary/aromatic N) is 7. The van der Waals surface area contributed by atoms with Crippen LogP contribution < -0.4 is 4.90 Å². The topological polar surface area (TPSA) is 76.1 Å². The zero-order chi connectivity index (χ0) is 23.4. The van der Waals surface area contributed by atoms with Crippen molar-refractivity contribution in [2.45, 2.75) is 25.1 Å². The van der Waals surface area contributed by atoms with Crippen LogP contribution in [0.15, 0.2) is 53.1 Å². The van der Waals surface area contributed by atoms with Gasteiger partial charge in [0.2, 0.25) is 5.89 Å². The zero-order valence-corrected chi connectivity index (χ0v) is 18.1. The highest BCUT2D eigenvalue weighted by atomic mass is 19.3. The molecule has 0 radical (unpaired) electrons. The van der Waals surface area contributed by atoms with E-state index in [0.717, 1.165) is 24.2 Å². The normalized spacial score (nSPS) is 19.7. The quantitative estimate of drug-likeness (QED) is 0.429. The minimum absolute atomic E-state index is 0.0408. The highest BCUT2D eigenvalue weighted by Gasteiger charge is 2.50. The summed E-state index contributed by atoms with van der Waals surface area (Å²) in [4.78, 5) is 4.40. The highest BCUT2D eigenvalue weighted by molar-refractivity contribution is 5.67. The predicted molar refractivity (Wildman–Crippen MR) is 117 cm³/mol. The Hall–Kier alpha value is -3.73. The van der Waals surface area contributed by atoms with E-state index in [9.17, 15) is 13.2 Å². The van der Waals surface area contributed by atoms with E-state index in [-0.39, 0.29) is 11.7 Å². The minimum atomic E-state index is -2.80. The second kappa shape index (κ2) is 7.94. The van der Waals surface area contributed by atoms with Gasteiger partial charge in [-0.15, -0.1) is 15.3 Å². The number of hydrogen-bond donors (Lipinski definition) is 0. The van der Waals surface area contributed by atoms with Gasteiger partial charge in [0.05, 0.1) is 24.5 Å². The predicted octanol–water partition coefficient (Wildman–Crippen LogP) is 3.62. The number of piperazine rings is 1. The number of likely N-dealkylation sites (tertiary alicyclic amines) is 1. The number of alkyl halides is 2. The third-order valence-corrected chi connectivity index (χ3v) is 6.53. The van der Waals surface area contributed by atoms with Crippen LogP contribution in [0.2, 0.25) is 0 Å². The average Bonchev–Trinajstić information content (AvgIpc) is 3.49. The van der Waals surface area contributed by atoms with E-state index >= 15 is 0 Å². The summed E-state index contributed by atoms with van der Waals surface area (Å²) in [5.41, 5.74) is 3.54. The van der Waals surface area contributed by atoms with Gasteiger partial charge in [-0.05, 0) is 42.9 Å². The first-order chi connectivity index (χ1) is 16.5. The smallest absolute Gasteiger partial charge is 0.314 e. The van der Waals surface area contributed by atoms with E-state index in [1.54, 1.807) is 22.9 Å². The van der Waals surface area contributed by atoms with E-state index < -0.39 is 12.3 Å². The Morgan fingerprint density at radius 1 is 1.00 bits per heavy atom. The van der Waals surface area contributed by atoms with Gasteiger partial charge in [0.25, 0.3) is 5.89 Å². The number of anilines is 1. The van der Waals surface area contributed by atoms with Gasteiger partial charge in [0.15, 0.2) is 0 Å². The Morgan fingerprint density at radius 2 is 1.79 bits per heavy atom. The van der Waals surface area contributed by atoms with Crippen molar-refractivity contribution in [2.24, 2.45) is 0 Å². The Morgan fingerprint density at radius 3 is 2.47 bits per heavy atom. The van der Waals surface area contributed by atoms with Crippen molar-refractivity contribution in [3.63, 3.8) is 0 Å². The van der Waals surface area contributed by atoms with E-state index in [2.05, 4.69) is 37.4 Å². The number of rotatable bonds is 6. The van der Waals surface area contributed by atoms with Crippen molar-refractivity contribution in [3.05, 3.63) is 65.9 Å². The molecule has 2 aromatic heterocycles. The van der Waals surface area contributed by atoms with Crippen molar-refractivity contribution < 1.29 is 17.6 Å². The lowest BCUT2D eigenvalue weighted by molar-refractivity contribution is 0.0363. The van der Waals surface area contributed by atoms with Crippen LogP contribution >= 0.6 is 0 Å². The number of likely N-dealkylation sites (N-methyl/N-ethyl adjacent to an activating group) is 1. The van der Waals surface area contributed by atoms with Gasteiger partial charge in [0, 0.05) is 30.3 Å². The molecular weight excluding hydrogens is 447 g/mol. The van der Waals surface area contributed by atoms with E-state index in [1.165, 1.54) is 6.07 Å².